The number of rotatable bonds is 5. The second kappa shape index (κ2) is 6.18. The van der Waals surface area contributed by atoms with E-state index in [0.717, 1.165) is 25.2 Å². The molecule has 0 aliphatic heterocycles. The summed E-state index contributed by atoms with van der Waals surface area (Å²) in [4.78, 5) is 2.25. The highest BCUT2D eigenvalue weighted by Crippen LogP contribution is 2.05. The molecule has 0 spiro atoms. The van der Waals surface area contributed by atoms with Gasteiger partial charge >= 0.3 is 0 Å². The number of likely N-dealkylation sites (N-methyl/N-ethyl adjacent to an activating group) is 2. The molecule has 0 heterocycles. The van der Waals surface area contributed by atoms with E-state index in [1.165, 1.54) is 5.56 Å². The fourth-order valence-electron chi connectivity index (χ4n) is 1.38. The van der Waals surface area contributed by atoms with Crippen LogP contribution < -0.4 is 5.32 Å². The Balaban J connectivity index is 2.47. The van der Waals surface area contributed by atoms with Crippen LogP contribution in [0.1, 0.15) is 11.1 Å². The lowest BCUT2D eigenvalue weighted by molar-refractivity contribution is 0.328. The fourth-order valence-corrected chi connectivity index (χ4v) is 1.38. The average Bonchev–Trinajstić information content (AvgIpc) is 2.27. The Labute approximate surface area is 91.3 Å². The molecule has 0 aromatic heterocycles. The Kier molecular flexibility index (Phi) is 4.82. The molecule has 3 nitrogen and oxygen atoms in total. The van der Waals surface area contributed by atoms with Crippen molar-refractivity contribution in [2.24, 2.45) is 0 Å². The number of hydrogen-bond acceptors (Lipinski definition) is 3. The Bertz CT molecular complexity index is 324. The van der Waals surface area contributed by atoms with E-state index in [1.807, 2.05) is 31.3 Å². The Morgan fingerprint density at radius 1 is 1.33 bits per heavy atom. The zero-order valence-electron chi connectivity index (χ0n) is 9.33. The maximum absolute atomic E-state index is 8.66. The molecule has 0 radical (unpaired) electrons. The minimum atomic E-state index is 0.719. The average molecular weight is 203 g/mol. The lowest BCUT2D eigenvalue weighted by Crippen LogP contribution is -2.26. The molecule has 1 rings (SSSR count). The van der Waals surface area contributed by atoms with E-state index in [9.17, 15) is 0 Å². The van der Waals surface area contributed by atoms with Crippen molar-refractivity contribution in [3.63, 3.8) is 0 Å². The van der Waals surface area contributed by atoms with Gasteiger partial charge in [-0.25, -0.2) is 0 Å². The smallest absolute Gasteiger partial charge is 0.0991 e. The van der Waals surface area contributed by atoms with Crippen molar-refractivity contribution in [2.75, 3.05) is 27.2 Å². The minimum absolute atomic E-state index is 0.719. The summed E-state index contributed by atoms with van der Waals surface area (Å²) in [5.74, 6) is 0. The molecule has 15 heavy (non-hydrogen) atoms. The van der Waals surface area contributed by atoms with Crippen LogP contribution in [-0.4, -0.2) is 32.1 Å². The highest BCUT2D eigenvalue weighted by atomic mass is 15.1. The Morgan fingerprint density at radius 2 is 2.00 bits per heavy atom. The van der Waals surface area contributed by atoms with Crippen LogP contribution in [0.3, 0.4) is 0 Å². The van der Waals surface area contributed by atoms with Gasteiger partial charge in [-0.1, -0.05) is 12.1 Å². The molecule has 0 aliphatic carbocycles. The summed E-state index contributed by atoms with van der Waals surface area (Å²) >= 11 is 0. The van der Waals surface area contributed by atoms with Crippen LogP contribution in [0.2, 0.25) is 0 Å². The van der Waals surface area contributed by atoms with Gasteiger partial charge in [0.25, 0.3) is 0 Å². The predicted molar refractivity (Wildman–Crippen MR) is 61.4 cm³/mol. The van der Waals surface area contributed by atoms with Gasteiger partial charge < -0.3 is 10.2 Å². The molecule has 0 saturated heterocycles. The van der Waals surface area contributed by atoms with Gasteiger partial charge in [0.05, 0.1) is 11.6 Å². The quantitative estimate of drug-likeness (QED) is 0.781. The second-order valence-electron chi connectivity index (χ2n) is 3.65. The van der Waals surface area contributed by atoms with Crippen LogP contribution in [0.4, 0.5) is 0 Å². The van der Waals surface area contributed by atoms with Gasteiger partial charge in [-0.3, -0.25) is 0 Å². The summed E-state index contributed by atoms with van der Waals surface area (Å²) in [7, 11) is 4.05. The van der Waals surface area contributed by atoms with E-state index in [0.29, 0.717) is 0 Å². The van der Waals surface area contributed by atoms with Gasteiger partial charge in [-0.15, -0.1) is 0 Å². The third-order valence-electron chi connectivity index (χ3n) is 2.28. The highest BCUT2D eigenvalue weighted by molar-refractivity contribution is 5.31. The van der Waals surface area contributed by atoms with Gasteiger partial charge in [0, 0.05) is 19.6 Å². The maximum Gasteiger partial charge on any atom is 0.0991 e. The molecule has 1 N–H and O–H groups in total. The monoisotopic (exact) mass is 203 g/mol. The molecule has 3 heteroatoms. The normalized spacial score (nSPS) is 10.3. The molecule has 80 valence electrons. The van der Waals surface area contributed by atoms with E-state index in [2.05, 4.69) is 23.3 Å². The summed E-state index contributed by atoms with van der Waals surface area (Å²) in [6.07, 6.45) is 0. The molecule has 1 aromatic rings. The van der Waals surface area contributed by atoms with Crippen LogP contribution in [0.15, 0.2) is 24.3 Å². The minimum Gasteiger partial charge on any atom is -0.318 e. The third-order valence-corrected chi connectivity index (χ3v) is 2.28. The van der Waals surface area contributed by atoms with Gasteiger partial charge in [-0.05, 0) is 31.8 Å². The number of benzene rings is 1. The maximum atomic E-state index is 8.66. The first-order valence-electron chi connectivity index (χ1n) is 5.08. The van der Waals surface area contributed by atoms with Crippen LogP contribution >= 0.6 is 0 Å². The largest absolute Gasteiger partial charge is 0.318 e. The molecule has 0 fully saturated rings. The number of nitrogens with zero attached hydrogens (tertiary/aromatic N) is 2. The first-order chi connectivity index (χ1) is 7.26. The second-order valence-corrected chi connectivity index (χ2v) is 3.65. The SMILES string of the molecule is CNCCN(C)Cc1ccc(C#N)cc1. The fraction of sp³-hybridized carbons (Fsp3) is 0.417. The van der Waals surface area contributed by atoms with Gasteiger partial charge in [0.1, 0.15) is 0 Å². The van der Waals surface area contributed by atoms with Crippen molar-refractivity contribution in [1.29, 1.82) is 5.26 Å². The Morgan fingerprint density at radius 3 is 2.53 bits per heavy atom. The van der Waals surface area contributed by atoms with Gasteiger partial charge in [0.2, 0.25) is 0 Å². The lowest BCUT2D eigenvalue weighted by atomic mass is 10.1. The van der Waals surface area contributed by atoms with Crippen LogP contribution in [0.5, 0.6) is 0 Å². The molecular weight excluding hydrogens is 186 g/mol. The zero-order chi connectivity index (χ0) is 11.1. The first-order valence-corrected chi connectivity index (χ1v) is 5.08. The molecule has 1 aromatic carbocycles. The summed E-state index contributed by atoms with van der Waals surface area (Å²) in [6.45, 7) is 2.94. The third kappa shape index (κ3) is 4.11. The molecule has 0 aliphatic rings. The standard InChI is InChI=1S/C12H17N3/c1-14-7-8-15(2)10-12-5-3-11(9-13)4-6-12/h3-6,14H,7-8,10H2,1-2H3. The molecule has 0 saturated carbocycles. The summed E-state index contributed by atoms with van der Waals surface area (Å²) in [5.41, 5.74) is 1.96. The van der Waals surface area contributed by atoms with E-state index in [-0.39, 0.29) is 0 Å². The van der Waals surface area contributed by atoms with Gasteiger partial charge in [-0.2, -0.15) is 5.26 Å². The number of hydrogen-bond donors (Lipinski definition) is 1. The molecule has 0 unspecified atom stereocenters. The topological polar surface area (TPSA) is 39.1 Å². The van der Waals surface area contributed by atoms with E-state index >= 15 is 0 Å². The molecule has 0 bridgehead atoms. The Hall–Kier alpha value is -1.37. The predicted octanol–water partition coefficient (Wildman–Crippen LogP) is 1.21. The summed E-state index contributed by atoms with van der Waals surface area (Å²) in [6, 6.07) is 9.86. The van der Waals surface area contributed by atoms with Crippen molar-refractivity contribution < 1.29 is 0 Å². The van der Waals surface area contributed by atoms with E-state index in [1.54, 1.807) is 0 Å². The highest BCUT2D eigenvalue weighted by Gasteiger charge is 1.99. The van der Waals surface area contributed by atoms with Crippen molar-refractivity contribution >= 4 is 0 Å². The summed E-state index contributed by atoms with van der Waals surface area (Å²) in [5, 5.41) is 11.8. The van der Waals surface area contributed by atoms with Crippen molar-refractivity contribution in [2.45, 2.75) is 6.54 Å². The number of nitrogens with one attached hydrogen (secondary N) is 1. The van der Waals surface area contributed by atoms with Crippen LogP contribution in [-0.2, 0) is 6.54 Å². The van der Waals surface area contributed by atoms with E-state index in [4.69, 9.17) is 5.26 Å². The van der Waals surface area contributed by atoms with Crippen LogP contribution in [0.25, 0.3) is 0 Å². The lowest BCUT2D eigenvalue weighted by Gasteiger charge is -2.16. The first kappa shape index (κ1) is 11.7. The molecule has 0 amide bonds. The molecular formula is C12H17N3. The van der Waals surface area contributed by atoms with Crippen molar-refractivity contribution in [1.82, 2.24) is 10.2 Å². The zero-order valence-corrected chi connectivity index (χ0v) is 9.33. The van der Waals surface area contributed by atoms with Crippen molar-refractivity contribution in [3.05, 3.63) is 35.4 Å². The van der Waals surface area contributed by atoms with E-state index < -0.39 is 0 Å². The van der Waals surface area contributed by atoms with Gasteiger partial charge in [0.15, 0.2) is 0 Å². The van der Waals surface area contributed by atoms with Crippen LogP contribution in [0, 0.1) is 11.3 Å². The number of nitriles is 1. The summed E-state index contributed by atoms with van der Waals surface area (Å²) < 4.78 is 0. The molecule has 0 atom stereocenters. The van der Waals surface area contributed by atoms with Crippen molar-refractivity contribution in [3.8, 4) is 6.07 Å².